The number of anilines is 2. The smallest absolute Gasteiger partial charge is 0.227 e. The first-order valence-corrected chi connectivity index (χ1v) is 9.24. The van der Waals surface area contributed by atoms with Crippen LogP contribution in [0.5, 0.6) is 0 Å². The van der Waals surface area contributed by atoms with E-state index < -0.39 is 0 Å². The number of hydrogen-bond donors (Lipinski definition) is 0. The molecule has 0 aliphatic carbocycles. The molecule has 2 saturated heterocycles. The first-order valence-electron chi connectivity index (χ1n) is 9.24. The van der Waals surface area contributed by atoms with Gasteiger partial charge in [-0.3, -0.25) is 0 Å². The average molecular weight is 348 g/mol. The quantitative estimate of drug-likeness (QED) is 0.819. The van der Waals surface area contributed by atoms with Gasteiger partial charge in [-0.15, -0.1) is 0 Å². The Morgan fingerprint density at radius 2 is 1.48 bits per heavy atom. The van der Waals surface area contributed by atoms with Crippen molar-refractivity contribution in [2.24, 2.45) is 0 Å². The molecule has 0 spiro atoms. The number of aryl methyl sites for hydroxylation is 1. The molecular formula is C19H32N4O2. The highest BCUT2D eigenvalue weighted by atomic mass is 16.5. The van der Waals surface area contributed by atoms with Crippen LogP contribution in [0.15, 0.2) is 6.20 Å². The van der Waals surface area contributed by atoms with E-state index in [9.17, 15) is 0 Å². The average Bonchev–Trinajstić information content (AvgIpc) is 2.43. The molecule has 140 valence electrons. The van der Waals surface area contributed by atoms with Crippen LogP contribution in [0.4, 0.5) is 11.8 Å². The van der Waals surface area contributed by atoms with Crippen molar-refractivity contribution in [3.63, 3.8) is 0 Å². The van der Waals surface area contributed by atoms with E-state index in [4.69, 9.17) is 14.5 Å². The Balaban J connectivity index is 1.88. The first kappa shape index (κ1) is 18.4. The summed E-state index contributed by atoms with van der Waals surface area (Å²) in [5, 5.41) is 0. The maximum Gasteiger partial charge on any atom is 0.227 e. The number of rotatable bonds is 2. The Morgan fingerprint density at radius 1 is 0.960 bits per heavy atom. The fraction of sp³-hybridized carbons (Fsp3) is 0.789. The third kappa shape index (κ3) is 4.23. The van der Waals surface area contributed by atoms with E-state index >= 15 is 0 Å². The molecule has 0 N–H and O–H groups in total. The van der Waals surface area contributed by atoms with Gasteiger partial charge in [-0.25, -0.2) is 4.98 Å². The van der Waals surface area contributed by atoms with Gasteiger partial charge in [-0.2, -0.15) is 4.98 Å². The predicted molar refractivity (Wildman–Crippen MR) is 100 cm³/mol. The molecule has 1 aromatic heterocycles. The lowest BCUT2D eigenvalue weighted by Crippen LogP contribution is -2.53. The summed E-state index contributed by atoms with van der Waals surface area (Å²) < 4.78 is 12.1. The molecule has 2 fully saturated rings. The van der Waals surface area contributed by atoms with Gasteiger partial charge >= 0.3 is 0 Å². The SMILES string of the molecule is Cc1cnc(N2C[C@H](C)OC(C)(C)C2)nc1N1C[C@@H](C)OC(C)(C)C1. The van der Waals surface area contributed by atoms with Crippen LogP contribution in [0.25, 0.3) is 0 Å². The molecule has 2 aliphatic heterocycles. The zero-order valence-electron chi connectivity index (χ0n) is 16.7. The van der Waals surface area contributed by atoms with Gasteiger partial charge < -0.3 is 19.3 Å². The third-order valence-electron chi connectivity index (χ3n) is 4.65. The molecule has 0 saturated carbocycles. The summed E-state index contributed by atoms with van der Waals surface area (Å²) in [6.07, 6.45) is 2.29. The summed E-state index contributed by atoms with van der Waals surface area (Å²) >= 11 is 0. The Bertz CT molecular complexity index is 632. The van der Waals surface area contributed by atoms with Crippen LogP contribution in [-0.2, 0) is 9.47 Å². The van der Waals surface area contributed by atoms with E-state index in [0.29, 0.717) is 0 Å². The summed E-state index contributed by atoms with van der Waals surface area (Å²) in [7, 11) is 0. The summed E-state index contributed by atoms with van der Waals surface area (Å²) in [6, 6.07) is 0. The third-order valence-corrected chi connectivity index (χ3v) is 4.65. The zero-order valence-corrected chi connectivity index (χ0v) is 16.7. The molecule has 3 rings (SSSR count). The second kappa shape index (κ2) is 6.40. The zero-order chi connectivity index (χ0) is 18.4. The van der Waals surface area contributed by atoms with E-state index in [-0.39, 0.29) is 23.4 Å². The van der Waals surface area contributed by atoms with Crippen LogP contribution in [0, 0.1) is 6.92 Å². The molecule has 0 radical (unpaired) electrons. The molecular weight excluding hydrogens is 316 g/mol. The molecule has 2 aliphatic rings. The standard InChI is InChI=1S/C19H32N4O2/c1-13-8-20-17(23-10-15(3)25-19(6,7)12-23)21-16(13)22-9-14(2)24-18(4,5)11-22/h8,14-15H,9-12H2,1-7H3/t14-,15+/m1/s1. The fourth-order valence-corrected chi connectivity index (χ4v) is 4.12. The second-order valence-corrected chi connectivity index (χ2v) is 8.81. The molecule has 0 bridgehead atoms. The predicted octanol–water partition coefficient (Wildman–Crippen LogP) is 2.79. The van der Waals surface area contributed by atoms with Gasteiger partial charge in [0.25, 0.3) is 0 Å². The Hall–Kier alpha value is -1.40. The van der Waals surface area contributed by atoms with E-state index in [2.05, 4.69) is 63.2 Å². The Labute approximate surface area is 151 Å². The minimum atomic E-state index is -0.193. The normalized spacial score (nSPS) is 28.9. The molecule has 6 heteroatoms. The van der Waals surface area contributed by atoms with Crippen LogP contribution in [0.1, 0.15) is 47.1 Å². The molecule has 0 aromatic carbocycles. The minimum Gasteiger partial charge on any atom is -0.369 e. The van der Waals surface area contributed by atoms with Gasteiger partial charge in [0, 0.05) is 37.9 Å². The highest BCUT2D eigenvalue weighted by Gasteiger charge is 2.35. The maximum absolute atomic E-state index is 6.04. The van der Waals surface area contributed by atoms with Crippen molar-refractivity contribution < 1.29 is 9.47 Å². The number of aromatic nitrogens is 2. The fourth-order valence-electron chi connectivity index (χ4n) is 4.12. The van der Waals surface area contributed by atoms with Crippen LogP contribution in [0.3, 0.4) is 0 Å². The number of ether oxygens (including phenoxy) is 2. The molecule has 0 unspecified atom stereocenters. The molecule has 6 nitrogen and oxygen atoms in total. The second-order valence-electron chi connectivity index (χ2n) is 8.81. The van der Waals surface area contributed by atoms with E-state index in [1.165, 1.54) is 0 Å². The van der Waals surface area contributed by atoms with Gasteiger partial charge in [0.05, 0.1) is 23.4 Å². The van der Waals surface area contributed by atoms with Crippen LogP contribution >= 0.6 is 0 Å². The number of nitrogens with zero attached hydrogens (tertiary/aromatic N) is 4. The van der Waals surface area contributed by atoms with Crippen molar-refractivity contribution in [3.05, 3.63) is 11.8 Å². The summed E-state index contributed by atoms with van der Waals surface area (Å²) in [6.45, 7) is 18.1. The van der Waals surface area contributed by atoms with Gasteiger partial charge in [0.15, 0.2) is 0 Å². The van der Waals surface area contributed by atoms with E-state index in [1.807, 2.05) is 6.20 Å². The molecule has 0 amide bonds. The molecule has 2 atom stereocenters. The van der Waals surface area contributed by atoms with E-state index in [1.54, 1.807) is 0 Å². The van der Waals surface area contributed by atoms with Gasteiger partial charge in [-0.1, -0.05) is 0 Å². The largest absolute Gasteiger partial charge is 0.369 e. The van der Waals surface area contributed by atoms with Crippen molar-refractivity contribution in [2.45, 2.75) is 71.9 Å². The lowest BCUT2D eigenvalue weighted by Gasteiger charge is -2.43. The van der Waals surface area contributed by atoms with Crippen LogP contribution < -0.4 is 9.80 Å². The van der Waals surface area contributed by atoms with Gasteiger partial charge in [0.1, 0.15) is 5.82 Å². The van der Waals surface area contributed by atoms with Gasteiger partial charge in [-0.05, 0) is 48.5 Å². The van der Waals surface area contributed by atoms with Crippen molar-refractivity contribution >= 4 is 11.8 Å². The Kier molecular flexibility index (Phi) is 4.71. The highest BCUT2D eigenvalue weighted by molar-refractivity contribution is 5.51. The molecule has 25 heavy (non-hydrogen) atoms. The summed E-state index contributed by atoms with van der Waals surface area (Å²) in [5.41, 5.74) is 0.737. The molecule has 1 aromatic rings. The maximum atomic E-state index is 6.04. The summed E-state index contributed by atoms with van der Waals surface area (Å²) in [5.74, 6) is 1.81. The topological polar surface area (TPSA) is 50.7 Å². The first-order chi connectivity index (χ1) is 11.5. The van der Waals surface area contributed by atoms with Gasteiger partial charge in [0.2, 0.25) is 5.95 Å². The van der Waals surface area contributed by atoms with E-state index in [0.717, 1.165) is 43.5 Å². The number of morpholine rings is 2. The van der Waals surface area contributed by atoms with Crippen molar-refractivity contribution in [1.82, 2.24) is 9.97 Å². The highest BCUT2D eigenvalue weighted by Crippen LogP contribution is 2.29. The monoisotopic (exact) mass is 348 g/mol. The lowest BCUT2D eigenvalue weighted by molar-refractivity contribution is -0.0754. The van der Waals surface area contributed by atoms with Crippen molar-refractivity contribution in [1.29, 1.82) is 0 Å². The van der Waals surface area contributed by atoms with Crippen molar-refractivity contribution in [2.75, 3.05) is 36.0 Å². The van der Waals surface area contributed by atoms with Crippen molar-refractivity contribution in [3.8, 4) is 0 Å². The molecule has 3 heterocycles. The summed E-state index contributed by atoms with van der Waals surface area (Å²) in [4.78, 5) is 14.1. The lowest BCUT2D eigenvalue weighted by atomic mass is 10.1. The Morgan fingerprint density at radius 3 is 2.04 bits per heavy atom. The number of hydrogen-bond acceptors (Lipinski definition) is 6. The minimum absolute atomic E-state index is 0.166. The van der Waals surface area contributed by atoms with Crippen LogP contribution in [-0.4, -0.2) is 59.6 Å². The van der Waals surface area contributed by atoms with Crippen LogP contribution in [0.2, 0.25) is 0 Å².